The predicted octanol–water partition coefficient (Wildman–Crippen LogP) is 1.79. The summed E-state index contributed by atoms with van der Waals surface area (Å²) in [6.45, 7) is 5.37. The van der Waals surface area contributed by atoms with Crippen LogP contribution in [0.4, 0.5) is 0 Å². The van der Waals surface area contributed by atoms with Gasteiger partial charge in [-0.15, -0.1) is 0 Å². The fraction of sp³-hybridized carbons (Fsp3) is 0.750. The number of hydrogen-bond acceptors (Lipinski definition) is 4. The molecule has 4 rings (SSSR count). The molecule has 3 heterocycles. The first-order chi connectivity index (χ1) is 9.90. The highest BCUT2D eigenvalue weighted by Crippen LogP contribution is 2.32. The average Bonchev–Trinajstić information content (AvgIpc) is 3.17. The maximum atomic E-state index is 5.54. The van der Waals surface area contributed by atoms with E-state index in [0.29, 0.717) is 5.92 Å². The first-order valence-electron chi connectivity index (χ1n) is 8.03. The molecule has 1 saturated carbocycles. The molecule has 0 radical (unpaired) electrons. The highest BCUT2D eigenvalue weighted by molar-refractivity contribution is 5.30. The van der Waals surface area contributed by atoms with E-state index < -0.39 is 0 Å². The minimum absolute atomic E-state index is 0.502. The average molecular weight is 273 g/mol. The summed E-state index contributed by atoms with van der Waals surface area (Å²) in [7, 11) is 0. The number of ether oxygens (including phenoxy) is 1. The number of aromatic nitrogens is 2. The number of hydrogen-bond donors (Lipinski definition) is 0. The van der Waals surface area contributed by atoms with Crippen molar-refractivity contribution in [3.8, 4) is 0 Å². The monoisotopic (exact) mass is 273 g/mol. The molecule has 1 saturated heterocycles. The molecular formula is C16H23N3O. The molecule has 2 aliphatic heterocycles. The van der Waals surface area contributed by atoms with Crippen LogP contribution in [0.3, 0.4) is 0 Å². The summed E-state index contributed by atoms with van der Waals surface area (Å²) in [6, 6.07) is 0. The Kier molecular flexibility index (Phi) is 3.44. The SMILES string of the molecule is c1nc2c(c([C@@H]3CCOC3)n1)CCN(CC1CC1)CC2. The van der Waals surface area contributed by atoms with Crippen LogP contribution in [-0.2, 0) is 17.6 Å². The van der Waals surface area contributed by atoms with Gasteiger partial charge in [-0.3, -0.25) is 0 Å². The summed E-state index contributed by atoms with van der Waals surface area (Å²) in [5.74, 6) is 1.48. The van der Waals surface area contributed by atoms with Crippen molar-refractivity contribution in [2.45, 2.75) is 38.0 Å². The normalized spacial score (nSPS) is 27.3. The van der Waals surface area contributed by atoms with E-state index in [1.807, 2.05) is 0 Å². The second kappa shape index (κ2) is 5.41. The van der Waals surface area contributed by atoms with Crippen molar-refractivity contribution < 1.29 is 4.74 Å². The summed E-state index contributed by atoms with van der Waals surface area (Å²) in [4.78, 5) is 11.8. The second-order valence-corrected chi connectivity index (χ2v) is 6.49. The van der Waals surface area contributed by atoms with Gasteiger partial charge in [0, 0.05) is 44.3 Å². The standard InChI is InChI=1S/C16H23N3O/c1-2-12(1)9-19-6-3-14-15(4-7-19)17-11-18-16(14)13-5-8-20-10-13/h11-13H,1-10H2/t13-/m1/s1. The predicted molar refractivity (Wildman–Crippen MR) is 76.8 cm³/mol. The molecule has 0 aromatic carbocycles. The Hall–Kier alpha value is -1.00. The lowest BCUT2D eigenvalue weighted by Gasteiger charge is -2.19. The van der Waals surface area contributed by atoms with Gasteiger partial charge in [-0.2, -0.15) is 0 Å². The topological polar surface area (TPSA) is 38.3 Å². The van der Waals surface area contributed by atoms with Crippen molar-refractivity contribution >= 4 is 0 Å². The van der Waals surface area contributed by atoms with Crippen molar-refractivity contribution in [1.82, 2.24) is 14.9 Å². The lowest BCUT2D eigenvalue weighted by atomic mass is 9.96. The van der Waals surface area contributed by atoms with Crippen molar-refractivity contribution in [3.63, 3.8) is 0 Å². The molecule has 20 heavy (non-hydrogen) atoms. The Morgan fingerprint density at radius 2 is 2.05 bits per heavy atom. The zero-order chi connectivity index (χ0) is 13.4. The molecule has 3 aliphatic rings. The quantitative estimate of drug-likeness (QED) is 0.841. The summed E-state index contributed by atoms with van der Waals surface area (Å²) in [6.07, 6.45) is 7.97. The van der Waals surface area contributed by atoms with Crippen molar-refractivity contribution in [2.24, 2.45) is 5.92 Å². The van der Waals surface area contributed by atoms with Gasteiger partial charge in [-0.1, -0.05) is 0 Å². The van der Waals surface area contributed by atoms with Crippen LogP contribution in [-0.4, -0.2) is 47.7 Å². The Morgan fingerprint density at radius 1 is 1.15 bits per heavy atom. The maximum absolute atomic E-state index is 5.54. The molecular weight excluding hydrogens is 250 g/mol. The van der Waals surface area contributed by atoms with E-state index in [1.165, 1.54) is 49.4 Å². The summed E-state index contributed by atoms with van der Waals surface area (Å²) >= 11 is 0. The Labute approximate surface area is 120 Å². The molecule has 2 fully saturated rings. The third kappa shape index (κ3) is 2.59. The van der Waals surface area contributed by atoms with Crippen molar-refractivity contribution in [3.05, 3.63) is 23.3 Å². The molecule has 0 N–H and O–H groups in total. The van der Waals surface area contributed by atoms with Gasteiger partial charge in [0.2, 0.25) is 0 Å². The lowest BCUT2D eigenvalue weighted by Crippen LogP contribution is -2.28. The van der Waals surface area contributed by atoms with Crippen LogP contribution in [0.15, 0.2) is 6.33 Å². The highest BCUT2D eigenvalue weighted by Gasteiger charge is 2.28. The Balaban J connectivity index is 1.54. The second-order valence-electron chi connectivity index (χ2n) is 6.49. The number of rotatable bonds is 3. The number of nitrogens with zero attached hydrogens (tertiary/aromatic N) is 3. The van der Waals surface area contributed by atoms with E-state index in [0.717, 1.165) is 38.4 Å². The van der Waals surface area contributed by atoms with Crippen LogP contribution in [0.1, 0.15) is 42.1 Å². The van der Waals surface area contributed by atoms with Gasteiger partial charge in [0.1, 0.15) is 6.33 Å². The van der Waals surface area contributed by atoms with E-state index in [9.17, 15) is 0 Å². The van der Waals surface area contributed by atoms with Crippen LogP contribution < -0.4 is 0 Å². The van der Waals surface area contributed by atoms with E-state index >= 15 is 0 Å². The van der Waals surface area contributed by atoms with Crippen LogP contribution in [0.2, 0.25) is 0 Å². The van der Waals surface area contributed by atoms with Gasteiger partial charge in [0.25, 0.3) is 0 Å². The Bertz CT molecular complexity index is 481. The Morgan fingerprint density at radius 3 is 2.85 bits per heavy atom. The van der Waals surface area contributed by atoms with Gasteiger partial charge < -0.3 is 9.64 Å². The molecule has 1 atom stereocenters. The van der Waals surface area contributed by atoms with E-state index in [2.05, 4.69) is 14.9 Å². The lowest BCUT2D eigenvalue weighted by molar-refractivity contribution is 0.193. The largest absolute Gasteiger partial charge is 0.381 e. The molecule has 1 aromatic heterocycles. The third-order valence-corrected chi connectivity index (χ3v) is 4.94. The summed E-state index contributed by atoms with van der Waals surface area (Å²) < 4.78 is 5.54. The molecule has 1 aromatic rings. The van der Waals surface area contributed by atoms with Crippen LogP contribution in [0.5, 0.6) is 0 Å². The minimum atomic E-state index is 0.502. The zero-order valence-electron chi connectivity index (χ0n) is 12.1. The molecule has 0 bridgehead atoms. The van der Waals surface area contributed by atoms with E-state index in [4.69, 9.17) is 4.74 Å². The van der Waals surface area contributed by atoms with Crippen molar-refractivity contribution in [2.75, 3.05) is 32.8 Å². The van der Waals surface area contributed by atoms with Crippen LogP contribution >= 0.6 is 0 Å². The first-order valence-corrected chi connectivity index (χ1v) is 8.03. The first kappa shape index (κ1) is 12.7. The third-order valence-electron chi connectivity index (χ3n) is 4.94. The van der Waals surface area contributed by atoms with Gasteiger partial charge in [0.05, 0.1) is 12.3 Å². The van der Waals surface area contributed by atoms with Crippen molar-refractivity contribution in [1.29, 1.82) is 0 Å². The molecule has 4 nitrogen and oxygen atoms in total. The summed E-state index contributed by atoms with van der Waals surface area (Å²) in [5.41, 5.74) is 4.00. The maximum Gasteiger partial charge on any atom is 0.115 e. The summed E-state index contributed by atoms with van der Waals surface area (Å²) in [5, 5.41) is 0. The van der Waals surface area contributed by atoms with Gasteiger partial charge in [-0.25, -0.2) is 9.97 Å². The molecule has 108 valence electrons. The molecule has 0 unspecified atom stereocenters. The molecule has 0 spiro atoms. The molecule has 1 aliphatic carbocycles. The smallest absolute Gasteiger partial charge is 0.115 e. The molecule has 4 heteroatoms. The highest BCUT2D eigenvalue weighted by atomic mass is 16.5. The van der Waals surface area contributed by atoms with Gasteiger partial charge in [0.15, 0.2) is 0 Å². The van der Waals surface area contributed by atoms with Gasteiger partial charge >= 0.3 is 0 Å². The zero-order valence-corrected chi connectivity index (χ0v) is 12.1. The van der Waals surface area contributed by atoms with E-state index in [-0.39, 0.29) is 0 Å². The molecule has 0 amide bonds. The fourth-order valence-corrected chi connectivity index (χ4v) is 3.55. The van der Waals surface area contributed by atoms with Gasteiger partial charge in [-0.05, 0) is 37.2 Å². The minimum Gasteiger partial charge on any atom is -0.381 e. The van der Waals surface area contributed by atoms with Crippen LogP contribution in [0, 0.1) is 5.92 Å². The van der Waals surface area contributed by atoms with E-state index in [1.54, 1.807) is 6.33 Å². The fourth-order valence-electron chi connectivity index (χ4n) is 3.55. The number of fused-ring (bicyclic) bond motifs is 1. The van der Waals surface area contributed by atoms with Crippen LogP contribution in [0.25, 0.3) is 0 Å².